The average molecular weight is 471 g/mol. The summed E-state index contributed by atoms with van der Waals surface area (Å²) in [4.78, 5) is 26.8. The van der Waals surface area contributed by atoms with Gasteiger partial charge in [0, 0.05) is 29.7 Å². The number of carbonyl (C=O) groups is 2. The second-order valence-electron chi connectivity index (χ2n) is 7.67. The van der Waals surface area contributed by atoms with Crippen molar-refractivity contribution < 1.29 is 14.3 Å². The first-order chi connectivity index (χ1) is 15.5. The van der Waals surface area contributed by atoms with Gasteiger partial charge in [0.25, 0.3) is 11.8 Å². The van der Waals surface area contributed by atoms with E-state index in [2.05, 4.69) is 15.5 Å². The number of aryl methyl sites for hydroxylation is 1. The van der Waals surface area contributed by atoms with E-state index < -0.39 is 0 Å². The fourth-order valence-corrected chi connectivity index (χ4v) is 4.66. The number of rotatable bonds is 6. The minimum absolute atomic E-state index is 0.0243. The number of nitrogens with one attached hydrogen (secondary N) is 1. The number of piperidine rings is 1. The van der Waals surface area contributed by atoms with Gasteiger partial charge in [-0.25, -0.2) is 0 Å². The fourth-order valence-electron chi connectivity index (χ4n) is 3.56. The zero-order valence-corrected chi connectivity index (χ0v) is 19.2. The van der Waals surface area contributed by atoms with Crippen LogP contribution >= 0.6 is 22.9 Å². The number of nitrogens with zero attached hydrogens (tertiary/aromatic N) is 3. The van der Waals surface area contributed by atoms with E-state index in [0.29, 0.717) is 34.6 Å². The highest BCUT2D eigenvalue weighted by Crippen LogP contribution is 2.30. The molecule has 32 heavy (non-hydrogen) atoms. The molecule has 1 fully saturated rings. The van der Waals surface area contributed by atoms with Gasteiger partial charge in [-0.05, 0) is 55.7 Å². The first-order valence-electron chi connectivity index (χ1n) is 10.4. The van der Waals surface area contributed by atoms with Gasteiger partial charge in [-0.1, -0.05) is 41.1 Å². The van der Waals surface area contributed by atoms with E-state index in [9.17, 15) is 9.59 Å². The lowest BCUT2D eigenvalue weighted by Crippen LogP contribution is -2.40. The molecule has 1 saturated heterocycles. The summed E-state index contributed by atoms with van der Waals surface area (Å²) in [6, 6.07) is 14.6. The second-order valence-corrected chi connectivity index (χ2v) is 9.12. The van der Waals surface area contributed by atoms with Crippen LogP contribution in [0, 0.1) is 6.92 Å². The molecule has 2 heterocycles. The number of amides is 2. The maximum atomic E-state index is 12.5. The molecule has 1 aliphatic rings. The van der Waals surface area contributed by atoms with Crippen molar-refractivity contribution in [1.82, 2.24) is 15.1 Å². The summed E-state index contributed by atoms with van der Waals surface area (Å²) >= 11 is 7.25. The summed E-state index contributed by atoms with van der Waals surface area (Å²) in [5, 5.41) is 12.8. The first-order valence-corrected chi connectivity index (χ1v) is 11.5. The number of hydrogen-bond donors (Lipinski definition) is 1. The predicted octanol–water partition coefficient (Wildman–Crippen LogP) is 4.54. The molecule has 2 amide bonds. The van der Waals surface area contributed by atoms with E-state index in [-0.39, 0.29) is 24.3 Å². The number of halogens is 1. The summed E-state index contributed by atoms with van der Waals surface area (Å²) in [6.07, 6.45) is 1.56. The zero-order valence-electron chi connectivity index (χ0n) is 17.6. The molecule has 0 atom stereocenters. The molecule has 4 rings (SSSR count). The highest BCUT2D eigenvalue weighted by molar-refractivity contribution is 7.13. The van der Waals surface area contributed by atoms with Crippen LogP contribution in [-0.4, -0.2) is 46.6 Å². The van der Waals surface area contributed by atoms with Gasteiger partial charge in [-0.2, -0.15) is 0 Å². The van der Waals surface area contributed by atoms with Crippen LogP contribution < -0.4 is 10.1 Å². The van der Waals surface area contributed by atoms with Gasteiger partial charge in [-0.3, -0.25) is 9.59 Å². The summed E-state index contributed by atoms with van der Waals surface area (Å²) in [7, 11) is 0. The van der Waals surface area contributed by atoms with Crippen LogP contribution in [0.25, 0.3) is 0 Å². The molecule has 0 aliphatic carbocycles. The first kappa shape index (κ1) is 22.2. The Morgan fingerprint density at radius 1 is 1.16 bits per heavy atom. The van der Waals surface area contributed by atoms with Crippen molar-refractivity contribution >= 4 is 40.4 Å². The smallest absolute Gasteiger partial charge is 0.286 e. The minimum Gasteiger partial charge on any atom is -0.484 e. The molecule has 0 bridgehead atoms. The van der Waals surface area contributed by atoms with Crippen LogP contribution in [0.2, 0.25) is 5.02 Å². The molecule has 7 nitrogen and oxygen atoms in total. The van der Waals surface area contributed by atoms with Gasteiger partial charge in [-0.15, -0.1) is 10.2 Å². The molecule has 166 valence electrons. The second kappa shape index (κ2) is 10.1. The topological polar surface area (TPSA) is 84.4 Å². The molecular formula is C23H23ClN4O3S. The Balaban J connectivity index is 1.27. The third kappa shape index (κ3) is 5.63. The Morgan fingerprint density at radius 3 is 2.69 bits per heavy atom. The molecule has 1 aliphatic heterocycles. The number of carbonyl (C=O) groups excluding carboxylic acids is 2. The van der Waals surface area contributed by atoms with Crippen molar-refractivity contribution in [1.29, 1.82) is 0 Å². The molecule has 0 unspecified atom stereocenters. The average Bonchev–Trinajstić information content (AvgIpc) is 3.28. The molecule has 1 N–H and O–H groups in total. The largest absolute Gasteiger partial charge is 0.484 e. The standard InChI is InChI=1S/C23H23ClN4O3S/c1-15-4-2-7-19(12-15)31-14-20(29)28-10-8-16(9-11-28)22-26-27-23(32-22)21(30)25-18-6-3-5-17(24)13-18/h2-7,12-13,16H,8-11,14H2,1H3,(H,25,30). The van der Waals surface area contributed by atoms with E-state index in [1.165, 1.54) is 11.3 Å². The van der Waals surface area contributed by atoms with Crippen LogP contribution in [0.1, 0.15) is 39.1 Å². The Morgan fingerprint density at radius 2 is 1.94 bits per heavy atom. The molecular weight excluding hydrogens is 448 g/mol. The van der Waals surface area contributed by atoms with Crippen molar-refractivity contribution in [2.45, 2.75) is 25.7 Å². The third-order valence-electron chi connectivity index (χ3n) is 5.27. The maximum Gasteiger partial charge on any atom is 0.286 e. The quantitative estimate of drug-likeness (QED) is 0.571. The Labute approximate surface area is 195 Å². The van der Waals surface area contributed by atoms with Gasteiger partial charge in [0.1, 0.15) is 10.8 Å². The summed E-state index contributed by atoms with van der Waals surface area (Å²) in [5.41, 5.74) is 1.70. The SMILES string of the molecule is Cc1cccc(OCC(=O)N2CCC(c3nnc(C(=O)Nc4cccc(Cl)c4)s3)CC2)c1. The van der Waals surface area contributed by atoms with Gasteiger partial charge in [0.2, 0.25) is 5.01 Å². The monoisotopic (exact) mass is 470 g/mol. The van der Waals surface area contributed by atoms with Crippen LogP contribution in [0.5, 0.6) is 5.75 Å². The Kier molecular flexibility index (Phi) is 7.02. The minimum atomic E-state index is -0.308. The van der Waals surface area contributed by atoms with Gasteiger partial charge in [0.05, 0.1) is 0 Å². The van der Waals surface area contributed by atoms with Crippen molar-refractivity contribution in [2.24, 2.45) is 0 Å². The third-order valence-corrected chi connectivity index (χ3v) is 6.59. The van der Waals surface area contributed by atoms with Crippen molar-refractivity contribution in [3.8, 4) is 5.75 Å². The summed E-state index contributed by atoms with van der Waals surface area (Å²) < 4.78 is 5.63. The van der Waals surface area contributed by atoms with Crippen molar-refractivity contribution in [3.63, 3.8) is 0 Å². The van der Waals surface area contributed by atoms with Crippen molar-refractivity contribution in [3.05, 3.63) is 69.1 Å². The van der Waals surface area contributed by atoms with Gasteiger partial charge in [0.15, 0.2) is 6.61 Å². The number of anilines is 1. The van der Waals surface area contributed by atoms with Crippen molar-refractivity contribution in [2.75, 3.05) is 25.0 Å². The number of benzene rings is 2. The number of hydrogen-bond acceptors (Lipinski definition) is 6. The predicted molar refractivity (Wildman–Crippen MR) is 125 cm³/mol. The van der Waals surface area contributed by atoms with Crippen LogP contribution in [0.15, 0.2) is 48.5 Å². The molecule has 0 saturated carbocycles. The molecule has 1 aromatic heterocycles. The summed E-state index contributed by atoms with van der Waals surface area (Å²) in [5.74, 6) is 0.549. The fraction of sp³-hybridized carbons (Fsp3) is 0.304. The van der Waals surface area contributed by atoms with Crippen LogP contribution in [-0.2, 0) is 4.79 Å². The van der Waals surface area contributed by atoms with Gasteiger partial charge >= 0.3 is 0 Å². The normalized spacial score (nSPS) is 14.2. The van der Waals surface area contributed by atoms with E-state index in [4.69, 9.17) is 16.3 Å². The molecule has 2 aromatic carbocycles. The Bertz CT molecular complexity index is 1110. The highest BCUT2D eigenvalue weighted by atomic mass is 35.5. The number of aromatic nitrogens is 2. The van der Waals surface area contributed by atoms with E-state index in [1.54, 1.807) is 24.3 Å². The lowest BCUT2D eigenvalue weighted by Gasteiger charge is -2.30. The molecule has 0 spiro atoms. The molecule has 0 radical (unpaired) electrons. The van der Waals surface area contributed by atoms with Gasteiger partial charge < -0.3 is 15.0 Å². The maximum absolute atomic E-state index is 12.5. The molecule has 9 heteroatoms. The lowest BCUT2D eigenvalue weighted by molar-refractivity contribution is -0.134. The number of likely N-dealkylation sites (tertiary alicyclic amines) is 1. The number of ether oxygens (including phenoxy) is 1. The lowest BCUT2D eigenvalue weighted by atomic mass is 9.98. The van der Waals surface area contributed by atoms with E-state index >= 15 is 0 Å². The molecule has 3 aromatic rings. The van der Waals surface area contributed by atoms with Crippen LogP contribution in [0.4, 0.5) is 5.69 Å². The highest BCUT2D eigenvalue weighted by Gasteiger charge is 2.27. The van der Waals surface area contributed by atoms with Crippen LogP contribution in [0.3, 0.4) is 0 Å². The Hall–Kier alpha value is -2.97. The summed E-state index contributed by atoms with van der Waals surface area (Å²) in [6.45, 7) is 3.27. The van der Waals surface area contributed by atoms with E-state index in [1.807, 2.05) is 36.1 Å². The zero-order chi connectivity index (χ0) is 22.5. The van der Waals surface area contributed by atoms with E-state index in [0.717, 1.165) is 23.4 Å².